The van der Waals surface area contributed by atoms with E-state index >= 15 is 0 Å². The minimum absolute atomic E-state index is 0.238. The Kier molecular flexibility index (Phi) is 5.95. The van der Waals surface area contributed by atoms with Crippen molar-refractivity contribution >= 4 is 23.9 Å². The molecule has 7 nitrogen and oxygen atoms in total. The van der Waals surface area contributed by atoms with Crippen molar-refractivity contribution in [2.45, 2.75) is 25.5 Å². The molecule has 1 N–H and O–H groups in total. The highest BCUT2D eigenvalue weighted by molar-refractivity contribution is 5.94. The predicted octanol–water partition coefficient (Wildman–Crippen LogP) is 1.07. The van der Waals surface area contributed by atoms with Crippen molar-refractivity contribution < 1.29 is 28.6 Å². The van der Waals surface area contributed by atoms with Gasteiger partial charge < -0.3 is 19.5 Å². The lowest BCUT2D eigenvalue weighted by atomic mass is 10.2. The Balaban J connectivity index is 1.82. The molecule has 1 aromatic rings. The van der Waals surface area contributed by atoms with Crippen molar-refractivity contribution in [1.82, 2.24) is 5.32 Å². The maximum atomic E-state index is 11.8. The van der Waals surface area contributed by atoms with Crippen LogP contribution in [0.25, 0.3) is 6.08 Å². The summed E-state index contributed by atoms with van der Waals surface area (Å²) in [6.07, 6.45) is 2.38. The second-order valence-corrected chi connectivity index (χ2v) is 5.22. The van der Waals surface area contributed by atoms with Crippen molar-refractivity contribution in [2.24, 2.45) is 0 Å². The molecule has 1 saturated heterocycles. The van der Waals surface area contributed by atoms with Gasteiger partial charge in [-0.05, 0) is 30.7 Å². The zero-order chi connectivity index (χ0) is 17.5. The van der Waals surface area contributed by atoms with Gasteiger partial charge in [-0.2, -0.15) is 0 Å². The van der Waals surface area contributed by atoms with E-state index in [1.807, 2.05) is 0 Å². The third-order valence-electron chi connectivity index (χ3n) is 3.40. The highest BCUT2D eigenvalue weighted by atomic mass is 16.6. The van der Waals surface area contributed by atoms with E-state index < -0.39 is 30.0 Å². The van der Waals surface area contributed by atoms with Gasteiger partial charge in [0.25, 0.3) is 0 Å². The van der Waals surface area contributed by atoms with Crippen LogP contribution >= 0.6 is 0 Å². The number of benzene rings is 1. The molecule has 0 spiro atoms. The van der Waals surface area contributed by atoms with Gasteiger partial charge in [0.05, 0.1) is 13.7 Å². The van der Waals surface area contributed by atoms with Crippen LogP contribution in [0.4, 0.5) is 0 Å². The Hall–Kier alpha value is -2.83. The number of amides is 1. The van der Waals surface area contributed by atoms with E-state index in [0.29, 0.717) is 6.42 Å². The van der Waals surface area contributed by atoms with Gasteiger partial charge in [0.2, 0.25) is 12.0 Å². The summed E-state index contributed by atoms with van der Waals surface area (Å²) in [6, 6.07) is 6.28. The lowest BCUT2D eigenvalue weighted by Crippen LogP contribution is -2.40. The summed E-state index contributed by atoms with van der Waals surface area (Å²) >= 11 is 0. The van der Waals surface area contributed by atoms with Crippen molar-refractivity contribution in [2.75, 3.05) is 13.7 Å². The molecule has 2 rings (SSSR count). The van der Waals surface area contributed by atoms with E-state index in [1.165, 1.54) is 13.0 Å². The molecule has 2 atom stereocenters. The number of cyclic esters (lactones) is 1. The molecule has 1 fully saturated rings. The van der Waals surface area contributed by atoms with Crippen LogP contribution in [0.1, 0.15) is 18.9 Å². The quantitative estimate of drug-likeness (QED) is 0.619. The lowest BCUT2D eigenvalue weighted by Gasteiger charge is -2.14. The molecule has 7 heteroatoms. The number of methoxy groups -OCH3 is 1. The number of carbonyl (C=O) groups is 3. The lowest BCUT2D eigenvalue weighted by molar-refractivity contribution is -0.161. The Labute approximate surface area is 139 Å². The standard InChI is InChI=1S/C17H19NO6/c1-11(16(20)24-14-9-10-23-17(14)21)18-15(19)8-5-12-3-6-13(22-2)7-4-12/h3-8,11,14H,9-10H2,1-2H3,(H,18,19)/b8-5+/t11-,14+/m0/s1. The normalized spacial score (nSPS) is 18.1. The van der Waals surface area contributed by atoms with Gasteiger partial charge in [-0.3, -0.25) is 4.79 Å². The third-order valence-corrected chi connectivity index (χ3v) is 3.40. The van der Waals surface area contributed by atoms with Crippen LogP contribution < -0.4 is 10.1 Å². The molecule has 1 aliphatic heterocycles. The molecule has 1 heterocycles. The van der Waals surface area contributed by atoms with Crippen LogP contribution in [0.5, 0.6) is 5.75 Å². The molecular weight excluding hydrogens is 314 g/mol. The van der Waals surface area contributed by atoms with Crippen LogP contribution in [-0.2, 0) is 23.9 Å². The average Bonchev–Trinajstić information content (AvgIpc) is 2.98. The molecule has 0 unspecified atom stereocenters. The van der Waals surface area contributed by atoms with Crippen molar-refractivity contribution in [3.8, 4) is 5.75 Å². The number of hydrogen-bond acceptors (Lipinski definition) is 6. The molecule has 128 valence electrons. The number of hydrogen-bond donors (Lipinski definition) is 1. The first-order chi connectivity index (χ1) is 11.5. The fraction of sp³-hybridized carbons (Fsp3) is 0.353. The van der Waals surface area contributed by atoms with Gasteiger partial charge in [-0.15, -0.1) is 0 Å². The molecular formula is C17H19NO6. The Morgan fingerprint density at radius 2 is 2.04 bits per heavy atom. The molecule has 0 bridgehead atoms. The maximum Gasteiger partial charge on any atom is 0.347 e. The van der Waals surface area contributed by atoms with Crippen LogP contribution in [0.2, 0.25) is 0 Å². The highest BCUT2D eigenvalue weighted by Crippen LogP contribution is 2.12. The minimum Gasteiger partial charge on any atom is -0.497 e. The SMILES string of the molecule is COc1ccc(/C=C/C(=O)N[C@@H](C)C(=O)O[C@@H]2CCOC2=O)cc1. The second-order valence-electron chi connectivity index (χ2n) is 5.22. The van der Waals surface area contributed by atoms with Gasteiger partial charge in [-0.25, -0.2) is 9.59 Å². The van der Waals surface area contributed by atoms with E-state index in [0.717, 1.165) is 11.3 Å². The van der Waals surface area contributed by atoms with Gasteiger partial charge in [0.1, 0.15) is 11.8 Å². The fourth-order valence-corrected chi connectivity index (χ4v) is 2.03. The predicted molar refractivity (Wildman–Crippen MR) is 85.1 cm³/mol. The third kappa shape index (κ3) is 4.84. The first-order valence-corrected chi connectivity index (χ1v) is 7.49. The zero-order valence-electron chi connectivity index (χ0n) is 13.5. The van der Waals surface area contributed by atoms with E-state index in [2.05, 4.69) is 5.32 Å². The number of ether oxygens (including phenoxy) is 3. The average molecular weight is 333 g/mol. The van der Waals surface area contributed by atoms with Crippen LogP contribution in [0, 0.1) is 0 Å². The summed E-state index contributed by atoms with van der Waals surface area (Å²) < 4.78 is 14.8. The summed E-state index contributed by atoms with van der Waals surface area (Å²) in [5, 5.41) is 2.48. The minimum atomic E-state index is -0.883. The van der Waals surface area contributed by atoms with Gasteiger partial charge in [0.15, 0.2) is 0 Å². The number of carbonyl (C=O) groups excluding carboxylic acids is 3. The molecule has 0 saturated carbocycles. The summed E-state index contributed by atoms with van der Waals surface area (Å²) in [6.45, 7) is 1.73. The van der Waals surface area contributed by atoms with Crippen LogP contribution in [-0.4, -0.2) is 43.7 Å². The molecule has 24 heavy (non-hydrogen) atoms. The molecule has 1 amide bonds. The van der Waals surface area contributed by atoms with Crippen molar-refractivity contribution in [3.63, 3.8) is 0 Å². The Morgan fingerprint density at radius 3 is 2.62 bits per heavy atom. The zero-order valence-corrected chi connectivity index (χ0v) is 13.5. The number of rotatable bonds is 6. The summed E-state index contributed by atoms with van der Waals surface area (Å²) in [5.41, 5.74) is 0.815. The Bertz CT molecular complexity index is 637. The molecule has 1 aromatic carbocycles. The van der Waals surface area contributed by atoms with Gasteiger partial charge in [0, 0.05) is 12.5 Å². The molecule has 0 aliphatic carbocycles. The van der Waals surface area contributed by atoms with Crippen molar-refractivity contribution in [1.29, 1.82) is 0 Å². The highest BCUT2D eigenvalue weighted by Gasteiger charge is 2.31. The van der Waals surface area contributed by atoms with Gasteiger partial charge >= 0.3 is 11.9 Å². The summed E-state index contributed by atoms with van der Waals surface area (Å²) in [5.74, 6) is -0.950. The largest absolute Gasteiger partial charge is 0.497 e. The maximum absolute atomic E-state index is 11.8. The van der Waals surface area contributed by atoms with Crippen LogP contribution in [0.15, 0.2) is 30.3 Å². The number of esters is 2. The fourth-order valence-electron chi connectivity index (χ4n) is 2.03. The monoisotopic (exact) mass is 333 g/mol. The molecule has 1 aliphatic rings. The van der Waals surface area contributed by atoms with Crippen LogP contribution in [0.3, 0.4) is 0 Å². The topological polar surface area (TPSA) is 90.9 Å². The van der Waals surface area contributed by atoms with E-state index in [1.54, 1.807) is 37.5 Å². The molecule has 0 aromatic heterocycles. The first-order valence-electron chi connectivity index (χ1n) is 7.49. The Morgan fingerprint density at radius 1 is 1.33 bits per heavy atom. The first kappa shape index (κ1) is 17.5. The van der Waals surface area contributed by atoms with Crippen molar-refractivity contribution in [3.05, 3.63) is 35.9 Å². The molecule has 0 radical (unpaired) electrons. The van der Waals surface area contributed by atoms with E-state index in [-0.39, 0.29) is 6.61 Å². The van der Waals surface area contributed by atoms with E-state index in [9.17, 15) is 14.4 Å². The smallest absolute Gasteiger partial charge is 0.347 e. The second kappa shape index (κ2) is 8.14. The summed E-state index contributed by atoms with van der Waals surface area (Å²) in [4.78, 5) is 34.9. The summed E-state index contributed by atoms with van der Waals surface area (Å²) in [7, 11) is 1.57. The van der Waals surface area contributed by atoms with Gasteiger partial charge in [-0.1, -0.05) is 12.1 Å². The number of nitrogens with one attached hydrogen (secondary N) is 1. The van der Waals surface area contributed by atoms with E-state index in [4.69, 9.17) is 14.2 Å².